The minimum Gasteiger partial charge on any atom is -0.497 e. The molecular formula is C26H26N2O6. The van der Waals surface area contributed by atoms with Crippen LogP contribution in [0.3, 0.4) is 0 Å². The maximum atomic E-state index is 12.5. The molecule has 0 aromatic heterocycles. The fourth-order valence-corrected chi connectivity index (χ4v) is 3.43. The zero-order chi connectivity index (χ0) is 23.9. The van der Waals surface area contributed by atoms with Gasteiger partial charge >= 0.3 is 0 Å². The molecule has 176 valence electrons. The van der Waals surface area contributed by atoms with Crippen LogP contribution in [0.1, 0.15) is 5.56 Å². The van der Waals surface area contributed by atoms with Crippen LogP contribution in [-0.4, -0.2) is 45.3 Å². The molecule has 2 amide bonds. The molecule has 0 bridgehead atoms. The van der Waals surface area contributed by atoms with E-state index in [0.717, 1.165) is 11.3 Å². The van der Waals surface area contributed by atoms with E-state index in [1.807, 2.05) is 43.3 Å². The smallest absolute Gasteiger partial charge is 0.265 e. The summed E-state index contributed by atoms with van der Waals surface area (Å²) in [5.74, 6) is 2.11. The molecule has 0 unspecified atom stereocenters. The normalized spacial score (nSPS) is 12.4. The lowest BCUT2D eigenvalue weighted by Crippen LogP contribution is -2.41. The molecule has 0 saturated heterocycles. The minimum absolute atomic E-state index is 0.0500. The van der Waals surface area contributed by atoms with Crippen LogP contribution in [0, 0.1) is 6.92 Å². The van der Waals surface area contributed by atoms with Gasteiger partial charge in [-0.1, -0.05) is 17.7 Å². The van der Waals surface area contributed by atoms with E-state index in [1.165, 1.54) is 0 Å². The van der Waals surface area contributed by atoms with E-state index in [9.17, 15) is 9.59 Å². The highest BCUT2D eigenvalue weighted by molar-refractivity contribution is 5.99. The Labute approximate surface area is 198 Å². The molecule has 0 aliphatic carbocycles. The van der Waals surface area contributed by atoms with Crippen molar-refractivity contribution in [1.29, 1.82) is 0 Å². The first-order valence-corrected chi connectivity index (χ1v) is 10.9. The van der Waals surface area contributed by atoms with Crippen LogP contribution < -0.4 is 29.2 Å². The summed E-state index contributed by atoms with van der Waals surface area (Å²) in [5.41, 5.74) is 2.23. The number of benzene rings is 3. The van der Waals surface area contributed by atoms with Gasteiger partial charge in [-0.2, -0.15) is 0 Å². The summed E-state index contributed by atoms with van der Waals surface area (Å²) in [6.07, 6.45) is 0. The zero-order valence-electron chi connectivity index (χ0n) is 19.1. The van der Waals surface area contributed by atoms with Crippen molar-refractivity contribution in [1.82, 2.24) is 0 Å². The highest BCUT2D eigenvalue weighted by Gasteiger charge is 2.26. The summed E-state index contributed by atoms with van der Waals surface area (Å²) in [4.78, 5) is 26.5. The SMILES string of the molecule is COc1ccc(OCCN2C(=O)COc3ccc(NC(=O)COc4ccc(C)cc4)cc32)cc1. The van der Waals surface area contributed by atoms with Crippen molar-refractivity contribution < 1.29 is 28.5 Å². The molecule has 0 spiro atoms. The fourth-order valence-electron chi connectivity index (χ4n) is 3.43. The van der Waals surface area contributed by atoms with E-state index in [4.69, 9.17) is 18.9 Å². The number of anilines is 2. The number of methoxy groups -OCH3 is 1. The summed E-state index contributed by atoms with van der Waals surface area (Å²) in [6, 6.07) is 19.9. The van der Waals surface area contributed by atoms with Crippen LogP contribution in [0.25, 0.3) is 0 Å². The largest absolute Gasteiger partial charge is 0.497 e. The standard InChI is InChI=1S/C26H26N2O6/c1-18-3-6-22(7-4-18)33-16-25(29)27-19-5-12-24-23(15-19)28(26(30)17-34-24)13-14-32-21-10-8-20(31-2)9-11-21/h3-12,15H,13-14,16-17H2,1-2H3,(H,27,29). The van der Waals surface area contributed by atoms with Crippen molar-refractivity contribution in [2.45, 2.75) is 6.92 Å². The zero-order valence-corrected chi connectivity index (χ0v) is 19.1. The lowest BCUT2D eigenvalue weighted by atomic mass is 10.2. The molecule has 0 radical (unpaired) electrons. The van der Waals surface area contributed by atoms with Gasteiger partial charge in [-0.05, 0) is 61.5 Å². The van der Waals surface area contributed by atoms with Gasteiger partial charge in [0.05, 0.1) is 19.3 Å². The number of nitrogens with zero attached hydrogens (tertiary/aromatic N) is 1. The maximum Gasteiger partial charge on any atom is 0.265 e. The van der Waals surface area contributed by atoms with Gasteiger partial charge in [-0.15, -0.1) is 0 Å². The van der Waals surface area contributed by atoms with Crippen molar-refractivity contribution >= 4 is 23.2 Å². The number of rotatable bonds is 9. The number of hydrogen-bond acceptors (Lipinski definition) is 6. The highest BCUT2D eigenvalue weighted by Crippen LogP contribution is 2.34. The Morgan fingerprint density at radius 1 is 0.971 bits per heavy atom. The molecule has 1 N–H and O–H groups in total. The Hall–Kier alpha value is -4.20. The van der Waals surface area contributed by atoms with E-state index in [1.54, 1.807) is 42.3 Å². The van der Waals surface area contributed by atoms with Gasteiger partial charge in [0.2, 0.25) is 0 Å². The molecule has 1 aliphatic heterocycles. The van der Waals surface area contributed by atoms with Crippen LogP contribution in [0.2, 0.25) is 0 Å². The fraction of sp³-hybridized carbons (Fsp3) is 0.231. The minimum atomic E-state index is -0.307. The number of carbonyl (C=O) groups is 2. The number of amides is 2. The third-order valence-electron chi connectivity index (χ3n) is 5.22. The highest BCUT2D eigenvalue weighted by atomic mass is 16.5. The van der Waals surface area contributed by atoms with Gasteiger partial charge in [0, 0.05) is 5.69 Å². The summed E-state index contributed by atoms with van der Waals surface area (Å²) in [6.45, 7) is 2.42. The van der Waals surface area contributed by atoms with E-state index >= 15 is 0 Å². The van der Waals surface area contributed by atoms with Crippen LogP contribution in [0.15, 0.2) is 66.7 Å². The molecule has 0 fully saturated rings. The predicted molar refractivity (Wildman–Crippen MR) is 128 cm³/mol. The number of hydrogen-bond donors (Lipinski definition) is 1. The van der Waals surface area contributed by atoms with Crippen molar-refractivity contribution in [2.75, 3.05) is 43.7 Å². The monoisotopic (exact) mass is 462 g/mol. The third kappa shape index (κ3) is 5.78. The molecule has 0 atom stereocenters. The molecule has 8 heteroatoms. The number of ether oxygens (including phenoxy) is 4. The topological polar surface area (TPSA) is 86.3 Å². The van der Waals surface area contributed by atoms with Gasteiger partial charge < -0.3 is 29.2 Å². The second kappa shape index (κ2) is 10.6. The van der Waals surface area contributed by atoms with E-state index in [-0.39, 0.29) is 25.0 Å². The summed E-state index contributed by atoms with van der Waals surface area (Å²) in [5, 5.41) is 2.80. The van der Waals surface area contributed by atoms with Crippen molar-refractivity contribution in [3.05, 3.63) is 72.3 Å². The Morgan fingerprint density at radius 2 is 1.65 bits per heavy atom. The number of aryl methyl sites for hydroxylation is 1. The maximum absolute atomic E-state index is 12.5. The van der Waals surface area contributed by atoms with Crippen LogP contribution >= 0.6 is 0 Å². The van der Waals surface area contributed by atoms with E-state index in [2.05, 4.69) is 5.32 Å². The third-order valence-corrected chi connectivity index (χ3v) is 5.22. The predicted octanol–water partition coefficient (Wildman–Crippen LogP) is 3.83. The molecular weight excluding hydrogens is 436 g/mol. The Balaban J connectivity index is 1.36. The quantitative estimate of drug-likeness (QED) is 0.520. The van der Waals surface area contributed by atoms with Gasteiger partial charge in [-0.3, -0.25) is 9.59 Å². The van der Waals surface area contributed by atoms with Crippen LogP contribution in [0.5, 0.6) is 23.0 Å². The van der Waals surface area contributed by atoms with Gasteiger partial charge in [-0.25, -0.2) is 0 Å². The van der Waals surface area contributed by atoms with Gasteiger partial charge in [0.25, 0.3) is 11.8 Å². The van der Waals surface area contributed by atoms with Gasteiger partial charge in [0.15, 0.2) is 13.2 Å². The molecule has 3 aromatic carbocycles. The molecule has 3 aromatic rings. The lowest BCUT2D eigenvalue weighted by Gasteiger charge is -2.29. The number of nitrogens with one attached hydrogen (secondary N) is 1. The van der Waals surface area contributed by atoms with Crippen LogP contribution in [-0.2, 0) is 9.59 Å². The summed E-state index contributed by atoms with van der Waals surface area (Å²) in [7, 11) is 1.60. The summed E-state index contributed by atoms with van der Waals surface area (Å²) >= 11 is 0. The first-order valence-electron chi connectivity index (χ1n) is 10.9. The Bertz CT molecular complexity index is 1140. The second-order valence-electron chi connectivity index (χ2n) is 7.69. The molecule has 0 saturated carbocycles. The van der Waals surface area contributed by atoms with Crippen molar-refractivity contribution in [3.8, 4) is 23.0 Å². The molecule has 4 rings (SSSR count). The van der Waals surface area contributed by atoms with E-state index in [0.29, 0.717) is 41.8 Å². The lowest BCUT2D eigenvalue weighted by molar-refractivity contribution is -0.121. The van der Waals surface area contributed by atoms with Crippen molar-refractivity contribution in [2.24, 2.45) is 0 Å². The molecule has 8 nitrogen and oxygen atoms in total. The summed E-state index contributed by atoms with van der Waals surface area (Å²) < 4.78 is 22.0. The second-order valence-corrected chi connectivity index (χ2v) is 7.69. The molecule has 1 heterocycles. The number of carbonyl (C=O) groups excluding carboxylic acids is 2. The Morgan fingerprint density at radius 3 is 2.38 bits per heavy atom. The van der Waals surface area contributed by atoms with Crippen LogP contribution in [0.4, 0.5) is 11.4 Å². The number of fused-ring (bicyclic) bond motifs is 1. The average molecular weight is 463 g/mol. The van der Waals surface area contributed by atoms with Crippen molar-refractivity contribution in [3.63, 3.8) is 0 Å². The Kier molecular flexibility index (Phi) is 7.17. The average Bonchev–Trinajstić information content (AvgIpc) is 2.85. The molecule has 34 heavy (non-hydrogen) atoms. The first-order chi connectivity index (χ1) is 16.5. The van der Waals surface area contributed by atoms with Gasteiger partial charge in [0.1, 0.15) is 29.6 Å². The van der Waals surface area contributed by atoms with E-state index < -0.39 is 0 Å². The molecule has 1 aliphatic rings. The first kappa shape index (κ1) is 23.0.